The van der Waals surface area contributed by atoms with E-state index < -0.39 is 11.8 Å². The molecular weight excluding hydrogens is 390 g/mol. The summed E-state index contributed by atoms with van der Waals surface area (Å²) in [6.45, 7) is 0.601. The van der Waals surface area contributed by atoms with Gasteiger partial charge >= 0.3 is 0 Å². The molecule has 0 aliphatic carbocycles. The van der Waals surface area contributed by atoms with Crippen LogP contribution in [0.4, 0.5) is 17.2 Å². The Bertz CT molecular complexity index is 1030. The van der Waals surface area contributed by atoms with Crippen molar-refractivity contribution in [3.05, 3.63) is 83.0 Å². The molecule has 0 saturated carbocycles. The number of aromatic nitrogens is 1. The molecule has 0 saturated heterocycles. The van der Waals surface area contributed by atoms with Crippen molar-refractivity contribution in [3.8, 4) is 0 Å². The number of carbonyl (C=O) groups is 2. The summed E-state index contributed by atoms with van der Waals surface area (Å²) in [5.41, 5.74) is 13.5. The van der Waals surface area contributed by atoms with Crippen LogP contribution in [0.1, 0.15) is 15.9 Å². The van der Waals surface area contributed by atoms with Gasteiger partial charge in [0.1, 0.15) is 5.82 Å². The Kier molecular flexibility index (Phi) is 6.31. The van der Waals surface area contributed by atoms with Crippen LogP contribution in [-0.2, 0) is 11.3 Å². The van der Waals surface area contributed by atoms with Crippen molar-refractivity contribution >= 4 is 40.6 Å². The molecule has 7 nitrogen and oxygen atoms in total. The lowest BCUT2D eigenvalue weighted by molar-refractivity contribution is -0.116. The molecule has 0 radical (unpaired) electrons. The van der Waals surface area contributed by atoms with Crippen molar-refractivity contribution < 1.29 is 9.59 Å². The van der Waals surface area contributed by atoms with Gasteiger partial charge in [-0.2, -0.15) is 0 Å². The standard InChI is InChI=1S/C21H20ClN5O2/c22-18-9-15(20(24)29)11-25-21(18)26-16-7-4-8-17(10-16)27(13-19(23)28)12-14-5-2-1-3-6-14/h1-11H,12-13H2,(H2,23,28)(H2,24,29)(H,25,26). The monoisotopic (exact) mass is 409 g/mol. The second-order valence-corrected chi connectivity index (χ2v) is 6.81. The molecule has 2 aromatic carbocycles. The number of nitrogens with one attached hydrogen (secondary N) is 1. The highest BCUT2D eigenvalue weighted by Crippen LogP contribution is 2.27. The van der Waals surface area contributed by atoms with Crippen LogP contribution in [0, 0.1) is 0 Å². The summed E-state index contributed by atoms with van der Waals surface area (Å²) >= 11 is 6.20. The molecule has 3 rings (SSSR count). The van der Waals surface area contributed by atoms with Gasteiger partial charge in [-0.3, -0.25) is 9.59 Å². The van der Waals surface area contributed by atoms with Crippen LogP contribution in [0.3, 0.4) is 0 Å². The Morgan fingerprint density at radius 2 is 1.79 bits per heavy atom. The largest absolute Gasteiger partial charge is 0.368 e. The van der Waals surface area contributed by atoms with Crippen molar-refractivity contribution in [3.63, 3.8) is 0 Å². The number of halogens is 1. The normalized spacial score (nSPS) is 10.4. The SMILES string of the molecule is NC(=O)CN(Cc1ccccc1)c1cccc(Nc2ncc(C(N)=O)cc2Cl)c1. The van der Waals surface area contributed by atoms with Crippen LogP contribution in [0.5, 0.6) is 0 Å². The van der Waals surface area contributed by atoms with Crippen LogP contribution in [0.2, 0.25) is 5.02 Å². The predicted molar refractivity (Wildman–Crippen MR) is 114 cm³/mol. The van der Waals surface area contributed by atoms with E-state index in [1.165, 1.54) is 12.3 Å². The van der Waals surface area contributed by atoms with Gasteiger partial charge < -0.3 is 21.7 Å². The van der Waals surface area contributed by atoms with Crippen molar-refractivity contribution in [2.75, 3.05) is 16.8 Å². The number of pyridine rings is 1. The molecule has 2 amide bonds. The topological polar surface area (TPSA) is 114 Å². The number of nitrogens with zero attached hydrogens (tertiary/aromatic N) is 2. The first-order valence-corrected chi connectivity index (χ1v) is 9.20. The zero-order valence-electron chi connectivity index (χ0n) is 15.5. The van der Waals surface area contributed by atoms with Crippen molar-refractivity contribution in [1.29, 1.82) is 0 Å². The van der Waals surface area contributed by atoms with Crippen LogP contribution in [0.15, 0.2) is 66.9 Å². The molecule has 0 unspecified atom stereocenters. The number of rotatable bonds is 8. The second-order valence-electron chi connectivity index (χ2n) is 6.40. The number of anilines is 3. The maximum absolute atomic E-state index is 11.6. The predicted octanol–water partition coefficient (Wildman–Crippen LogP) is 3.07. The molecule has 0 atom stereocenters. The number of amides is 2. The highest BCUT2D eigenvalue weighted by Gasteiger charge is 2.12. The average molecular weight is 410 g/mol. The highest BCUT2D eigenvalue weighted by atomic mass is 35.5. The van der Waals surface area contributed by atoms with Crippen LogP contribution < -0.4 is 21.7 Å². The first kappa shape index (κ1) is 20.2. The summed E-state index contributed by atoms with van der Waals surface area (Å²) < 4.78 is 0. The summed E-state index contributed by atoms with van der Waals surface area (Å²) in [4.78, 5) is 28.9. The van der Waals surface area contributed by atoms with E-state index in [4.69, 9.17) is 23.1 Å². The Morgan fingerprint density at radius 3 is 2.45 bits per heavy atom. The first-order valence-electron chi connectivity index (χ1n) is 8.82. The van der Waals surface area contributed by atoms with E-state index in [-0.39, 0.29) is 17.1 Å². The van der Waals surface area contributed by atoms with Crippen LogP contribution in [-0.4, -0.2) is 23.3 Å². The Morgan fingerprint density at radius 1 is 1.03 bits per heavy atom. The van der Waals surface area contributed by atoms with Gasteiger partial charge in [0, 0.05) is 24.1 Å². The molecule has 3 aromatic rings. The molecule has 0 spiro atoms. The zero-order valence-corrected chi connectivity index (χ0v) is 16.3. The maximum Gasteiger partial charge on any atom is 0.250 e. The molecule has 1 heterocycles. The van der Waals surface area contributed by atoms with E-state index in [1.807, 2.05) is 59.5 Å². The molecule has 0 bridgehead atoms. The summed E-state index contributed by atoms with van der Waals surface area (Å²) in [6, 6.07) is 18.7. The van der Waals surface area contributed by atoms with E-state index in [2.05, 4.69) is 10.3 Å². The number of hydrogen-bond acceptors (Lipinski definition) is 5. The molecule has 29 heavy (non-hydrogen) atoms. The number of carbonyl (C=O) groups excluding carboxylic acids is 2. The number of primary amides is 2. The van der Waals surface area contributed by atoms with E-state index in [0.29, 0.717) is 18.1 Å². The molecule has 8 heteroatoms. The number of benzene rings is 2. The molecule has 5 N–H and O–H groups in total. The molecule has 0 fully saturated rings. The lowest BCUT2D eigenvalue weighted by Crippen LogP contribution is -2.33. The quantitative estimate of drug-likeness (QED) is 0.529. The van der Waals surface area contributed by atoms with E-state index in [9.17, 15) is 9.59 Å². The third-order valence-corrected chi connectivity index (χ3v) is 4.45. The van der Waals surface area contributed by atoms with Gasteiger partial charge in [0.05, 0.1) is 17.1 Å². The fourth-order valence-corrected chi connectivity index (χ4v) is 3.03. The van der Waals surface area contributed by atoms with Crippen LogP contribution in [0.25, 0.3) is 0 Å². The maximum atomic E-state index is 11.6. The molecular formula is C21H20ClN5O2. The highest BCUT2D eigenvalue weighted by molar-refractivity contribution is 6.33. The average Bonchev–Trinajstić information content (AvgIpc) is 2.69. The van der Waals surface area contributed by atoms with Gasteiger partial charge in [-0.05, 0) is 29.8 Å². The van der Waals surface area contributed by atoms with E-state index >= 15 is 0 Å². The fraction of sp³-hybridized carbons (Fsp3) is 0.0952. The Balaban J connectivity index is 1.84. The molecule has 148 valence electrons. The Hall–Kier alpha value is -3.58. The summed E-state index contributed by atoms with van der Waals surface area (Å²) in [7, 11) is 0. The number of hydrogen-bond donors (Lipinski definition) is 3. The van der Waals surface area contributed by atoms with Gasteiger partial charge in [-0.1, -0.05) is 48.0 Å². The van der Waals surface area contributed by atoms with Crippen molar-refractivity contribution in [2.45, 2.75) is 6.54 Å². The molecule has 1 aromatic heterocycles. The second kappa shape index (κ2) is 9.07. The molecule has 0 aliphatic rings. The van der Waals surface area contributed by atoms with Gasteiger partial charge in [0.15, 0.2) is 0 Å². The summed E-state index contributed by atoms with van der Waals surface area (Å²) in [6.07, 6.45) is 1.36. The fourth-order valence-electron chi connectivity index (χ4n) is 2.81. The Labute approximate surface area is 173 Å². The molecule has 0 aliphatic heterocycles. The third-order valence-electron chi connectivity index (χ3n) is 4.16. The van der Waals surface area contributed by atoms with E-state index in [1.54, 1.807) is 0 Å². The number of nitrogens with two attached hydrogens (primary N) is 2. The minimum Gasteiger partial charge on any atom is -0.368 e. The summed E-state index contributed by atoms with van der Waals surface area (Å²) in [5.74, 6) is -0.639. The van der Waals surface area contributed by atoms with Crippen molar-refractivity contribution in [1.82, 2.24) is 4.98 Å². The summed E-state index contributed by atoms with van der Waals surface area (Å²) in [5, 5.41) is 3.38. The van der Waals surface area contributed by atoms with Gasteiger partial charge in [-0.25, -0.2) is 4.98 Å². The van der Waals surface area contributed by atoms with Crippen molar-refractivity contribution in [2.24, 2.45) is 11.5 Å². The van der Waals surface area contributed by atoms with Crippen LogP contribution >= 0.6 is 11.6 Å². The van der Waals surface area contributed by atoms with Gasteiger partial charge in [0.2, 0.25) is 11.8 Å². The smallest absolute Gasteiger partial charge is 0.250 e. The lowest BCUT2D eigenvalue weighted by Gasteiger charge is -2.24. The van der Waals surface area contributed by atoms with E-state index in [0.717, 1.165) is 11.3 Å². The minimum absolute atomic E-state index is 0.0741. The minimum atomic E-state index is -0.601. The first-order chi connectivity index (χ1) is 13.9. The zero-order chi connectivity index (χ0) is 20.8. The van der Waals surface area contributed by atoms with Gasteiger partial charge in [-0.15, -0.1) is 0 Å². The van der Waals surface area contributed by atoms with Gasteiger partial charge in [0.25, 0.3) is 0 Å². The third kappa shape index (κ3) is 5.46. The lowest BCUT2D eigenvalue weighted by atomic mass is 10.2.